The number of rotatable bonds is 2. The summed E-state index contributed by atoms with van der Waals surface area (Å²) >= 11 is 0. The van der Waals surface area contributed by atoms with E-state index in [2.05, 4.69) is 38.3 Å². The molecule has 4 atom stereocenters. The van der Waals surface area contributed by atoms with E-state index in [0.29, 0.717) is 47.0 Å². The number of aliphatic hydroxyl groups is 2. The van der Waals surface area contributed by atoms with Crippen LogP contribution in [0.5, 0.6) is 0 Å². The minimum atomic E-state index is 0.303. The summed E-state index contributed by atoms with van der Waals surface area (Å²) in [5.41, 5.74) is 2.15. The van der Waals surface area contributed by atoms with Gasteiger partial charge in [0.05, 0.1) is 13.2 Å². The van der Waals surface area contributed by atoms with Crippen LogP contribution in [0, 0.1) is 21.7 Å². The van der Waals surface area contributed by atoms with Crippen LogP contribution in [-0.4, -0.2) is 48.6 Å². The van der Waals surface area contributed by atoms with Crippen molar-refractivity contribution in [2.75, 3.05) is 26.3 Å². The summed E-state index contributed by atoms with van der Waals surface area (Å²) < 4.78 is 0. The van der Waals surface area contributed by atoms with Gasteiger partial charge in [-0.05, 0) is 47.3 Å². The highest BCUT2D eigenvalue weighted by Gasteiger charge is 2.63. The van der Waals surface area contributed by atoms with Crippen LogP contribution in [0.15, 0.2) is 0 Å². The molecule has 4 rings (SSSR count). The van der Waals surface area contributed by atoms with Crippen molar-refractivity contribution in [1.82, 2.24) is 10.6 Å². The van der Waals surface area contributed by atoms with E-state index in [-0.39, 0.29) is 0 Å². The van der Waals surface area contributed by atoms with Crippen LogP contribution in [0.1, 0.15) is 53.4 Å². The predicted octanol–water partition coefficient (Wildman–Crippen LogP) is 1.51. The van der Waals surface area contributed by atoms with Crippen LogP contribution in [0.25, 0.3) is 0 Å². The number of hydrogen-bond acceptors (Lipinski definition) is 4. The van der Waals surface area contributed by atoms with E-state index >= 15 is 0 Å². The minimum absolute atomic E-state index is 0.303. The number of aliphatic hydroxyl groups excluding tert-OH is 2. The first-order valence-corrected chi connectivity index (χ1v) is 8.88. The van der Waals surface area contributed by atoms with Crippen molar-refractivity contribution in [2.24, 2.45) is 21.7 Å². The molecule has 128 valence electrons. The fraction of sp³-hybridized carbons (Fsp3) is 1.00. The summed E-state index contributed by atoms with van der Waals surface area (Å²) in [6, 6.07) is 0.744. The monoisotopic (exact) mass is 310 g/mol. The number of nitrogens with one attached hydrogen (secondary N) is 2. The Morgan fingerprint density at radius 2 is 1.09 bits per heavy atom. The second-order valence-electron chi connectivity index (χ2n) is 9.61. The van der Waals surface area contributed by atoms with Crippen molar-refractivity contribution in [1.29, 1.82) is 0 Å². The van der Waals surface area contributed by atoms with E-state index in [9.17, 15) is 0 Å². The van der Waals surface area contributed by atoms with Crippen molar-refractivity contribution >= 4 is 0 Å². The highest BCUT2D eigenvalue weighted by molar-refractivity contribution is 5.15. The molecule has 2 aliphatic heterocycles. The van der Waals surface area contributed by atoms with E-state index in [1.165, 1.54) is 25.7 Å². The highest BCUT2D eigenvalue weighted by Crippen LogP contribution is 2.67. The van der Waals surface area contributed by atoms with Crippen molar-refractivity contribution in [2.45, 2.75) is 65.5 Å². The first-order chi connectivity index (χ1) is 10.2. The molecule has 2 spiro atoms. The van der Waals surface area contributed by atoms with Gasteiger partial charge in [0.1, 0.15) is 0 Å². The van der Waals surface area contributed by atoms with Gasteiger partial charge in [0.25, 0.3) is 0 Å². The molecule has 4 fully saturated rings. The van der Waals surface area contributed by atoms with Gasteiger partial charge in [-0.2, -0.15) is 0 Å². The van der Waals surface area contributed by atoms with Crippen LogP contribution in [0.4, 0.5) is 0 Å². The highest BCUT2D eigenvalue weighted by atomic mass is 16.3. The maximum absolute atomic E-state index is 8.93. The molecule has 0 amide bonds. The molecule has 2 aliphatic carbocycles. The molecule has 2 saturated carbocycles. The first kappa shape index (κ1) is 16.7. The van der Waals surface area contributed by atoms with Crippen LogP contribution >= 0.6 is 0 Å². The average molecular weight is 310 g/mol. The first-order valence-electron chi connectivity index (χ1n) is 8.88. The quantitative estimate of drug-likeness (QED) is 0.624. The van der Waals surface area contributed by atoms with Crippen molar-refractivity contribution in [3.05, 3.63) is 0 Å². The number of hydrogen-bond donors (Lipinski definition) is 4. The van der Waals surface area contributed by atoms with Crippen LogP contribution in [0.2, 0.25) is 0 Å². The molecule has 4 heteroatoms. The standard InChI is InChI=1S/2C9H17NO/c2*1-8(2)5-9(8)3-7(4-11)10-6-9/h2*7,10-11H,3-6H2,1-2H3. The van der Waals surface area contributed by atoms with Gasteiger partial charge in [0.2, 0.25) is 0 Å². The minimum Gasteiger partial charge on any atom is -0.395 e. The molecule has 0 aromatic carbocycles. The maximum Gasteiger partial charge on any atom is 0.0584 e. The second kappa shape index (κ2) is 5.17. The van der Waals surface area contributed by atoms with E-state index in [4.69, 9.17) is 10.2 Å². The zero-order valence-corrected chi connectivity index (χ0v) is 14.7. The Bertz CT molecular complexity index is 397. The lowest BCUT2D eigenvalue weighted by Crippen LogP contribution is -2.24. The summed E-state index contributed by atoms with van der Waals surface area (Å²) in [6.45, 7) is 12.2. The Labute approximate surface area is 135 Å². The average Bonchev–Trinajstić information content (AvgIpc) is 2.99. The predicted molar refractivity (Wildman–Crippen MR) is 88.6 cm³/mol. The molecule has 0 bridgehead atoms. The smallest absolute Gasteiger partial charge is 0.0584 e. The third-order valence-electron chi connectivity index (χ3n) is 7.36. The molecule has 0 radical (unpaired) electrons. The lowest BCUT2D eigenvalue weighted by molar-refractivity contribution is 0.249. The maximum atomic E-state index is 8.93. The molecule has 0 aromatic heterocycles. The van der Waals surface area contributed by atoms with Crippen molar-refractivity contribution in [3.63, 3.8) is 0 Å². The lowest BCUT2D eigenvalue weighted by Gasteiger charge is -2.11. The van der Waals surface area contributed by atoms with E-state index in [0.717, 1.165) is 13.1 Å². The van der Waals surface area contributed by atoms with Gasteiger partial charge in [-0.25, -0.2) is 0 Å². The molecule has 4 nitrogen and oxygen atoms in total. The van der Waals surface area contributed by atoms with Gasteiger partial charge in [0, 0.05) is 25.2 Å². The van der Waals surface area contributed by atoms with Crippen LogP contribution in [0.3, 0.4) is 0 Å². The van der Waals surface area contributed by atoms with Crippen molar-refractivity contribution < 1.29 is 10.2 Å². The molecular formula is C18H34N2O2. The normalized spacial score (nSPS) is 46.6. The SMILES string of the molecule is CC1(C)CC12CNC(CO)C2.CC1(C)CC12CNC(CO)C2. The summed E-state index contributed by atoms with van der Waals surface area (Å²) in [7, 11) is 0. The molecule has 22 heavy (non-hydrogen) atoms. The van der Waals surface area contributed by atoms with Gasteiger partial charge < -0.3 is 20.8 Å². The molecule has 0 aromatic rings. The van der Waals surface area contributed by atoms with Crippen molar-refractivity contribution in [3.8, 4) is 0 Å². The molecule has 2 saturated heterocycles. The van der Waals surface area contributed by atoms with Gasteiger partial charge in [-0.3, -0.25) is 0 Å². The molecule has 2 heterocycles. The lowest BCUT2D eigenvalue weighted by atomic mass is 9.93. The van der Waals surface area contributed by atoms with Crippen LogP contribution in [-0.2, 0) is 0 Å². The Morgan fingerprint density at radius 3 is 1.23 bits per heavy atom. The van der Waals surface area contributed by atoms with E-state index in [1.54, 1.807) is 0 Å². The Kier molecular flexibility index (Phi) is 3.92. The topological polar surface area (TPSA) is 64.5 Å². The summed E-state index contributed by atoms with van der Waals surface area (Å²) in [5, 5.41) is 24.6. The third kappa shape index (κ3) is 2.62. The third-order valence-corrected chi connectivity index (χ3v) is 7.36. The molecule has 4 N–H and O–H groups in total. The van der Waals surface area contributed by atoms with E-state index in [1.807, 2.05) is 0 Å². The Balaban J connectivity index is 0.000000131. The van der Waals surface area contributed by atoms with E-state index < -0.39 is 0 Å². The van der Waals surface area contributed by atoms with Gasteiger partial charge in [-0.1, -0.05) is 27.7 Å². The summed E-state index contributed by atoms with van der Waals surface area (Å²) in [4.78, 5) is 0. The Hall–Kier alpha value is -0.160. The zero-order chi connectivity index (χ0) is 16.2. The van der Waals surface area contributed by atoms with Gasteiger partial charge in [-0.15, -0.1) is 0 Å². The fourth-order valence-electron chi connectivity index (χ4n) is 5.07. The van der Waals surface area contributed by atoms with Crippen LogP contribution < -0.4 is 10.6 Å². The Morgan fingerprint density at radius 1 is 0.773 bits per heavy atom. The summed E-state index contributed by atoms with van der Waals surface area (Å²) in [5.74, 6) is 0. The fourth-order valence-corrected chi connectivity index (χ4v) is 5.07. The largest absolute Gasteiger partial charge is 0.395 e. The van der Waals surface area contributed by atoms with Gasteiger partial charge >= 0.3 is 0 Å². The molecule has 4 aliphatic rings. The zero-order valence-electron chi connectivity index (χ0n) is 14.7. The summed E-state index contributed by atoms with van der Waals surface area (Å²) in [6.07, 6.45) is 5.03. The second-order valence-corrected chi connectivity index (χ2v) is 9.61. The molecular weight excluding hydrogens is 276 g/mol. The molecule has 4 unspecified atom stereocenters. The van der Waals surface area contributed by atoms with Gasteiger partial charge in [0.15, 0.2) is 0 Å².